The Morgan fingerprint density at radius 1 is 1.05 bits per heavy atom. The van der Waals surface area contributed by atoms with Crippen molar-refractivity contribution in [2.45, 2.75) is 85.7 Å². The lowest BCUT2D eigenvalue weighted by Gasteiger charge is -2.52. The van der Waals surface area contributed by atoms with Gasteiger partial charge in [0.15, 0.2) is 17.3 Å². The van der Waals surface area contributed by atoms with Gasteiger partial charge < -0.3 is 19.1 Å². The molecular formula is C36H49NO5. The Hall–Kier alpha value is -3.02. The van der Waals surface area contributed by atoms with Crippen LogP contribution in [0.3, 0.4) is 0 Å². The number of benzene rings is 2. The zero-order valence-corrected chi connectivity index (χ0v) is 26.6. The molecule has 6 atom stereocenters. The van der Waals surface area contributed by atoms with Crippen LogP contribution in [0.4, 0.5) is 0 Å². The first-order valence-corrected chi connectivity index (χ1v) is 16.1. The maximum Gasteiger partial charge on any atom is 0.253 e. The maximum absolute atomic E-state index is 13.7. The molecule has 2 fully saturated rings. The molecule has 0 N–H and O–H groups in total. The summed E-state index contributed by atoms with van der Waals surface area (Å²) in [5.41, 5.74) is 2.95. The third-order valence-corrected chi connectivity index (χ3v) is 10.8. The second kappa shape index (κ2) is 12.3. The average Bonchev–Trinajstić information content (AvgIpc) is 3.31. The molecule has 6 nitrogen and oxygen atoms in total. The van der Waals surface area contributed by atoms with Gasteiger partial charge in [-0.05, 0) is 125 Å². The molecule has 1 amide bonds. The molecule has 0 spiro atoms. The fourth-order valence-corrected chi connectivity index (χ4v) is 8.60. The monoisotopic (exact) mass is 575 g/mol. The van der Waals surface area contributed by atoms with Crippen LogP contribution in [0, 0.1) is 29.1 Å². The Morgan fingerprint density at radius 2 is 1.81 bits per heavy atom. The van der Waals surface area contributed by atoms with Crippen molar-refractivity contribution in [2.24, 2.45) is 29.1 Å². The largest absolute Gasteiger partial charge is 0.493 e. The first kappa shape index (κ1) is 30.4. The Bertz CT molecular complexity index is 1300. The summed E-state index contributed by atoms with van der Waals surface area (Å²) in [4.78, 5) is 28.3. The average molecular weight is 576 g/mol. The fourth-order valence-electron chi connectivity index (χ4n) is 8.60. The van der Waals surface area contributed by atoms with Gasteiger partial charge in [0.1, 0.15) is 5.75 Å². The number of ether oxygens (including phenoxy) is 3. The van der Waals surface area contributed by atoms with E-state index < -0.39 is 0 Å². The van der Waals surface area contributed by atoms with Crippen molar-refractivity contribution in [3.05, 3.63) is 53.1 Å². The molecule has 2 saturated carbocycles. The summed E-state index contributed by atoms with van der Waals surface area (Å²) in [7, 11) is 1.62. The third kappa shape index (κ3) is 5.42. The molecule has 228 valence electrons. The molecule has 0 bridgehead atoms. The highest BCUT2D eigenvalue weighted by Gasteiger charge is 2.57. The molecule has 2 aromatic carbocycles. The molecule has 0 radical (unpaired) electrons. The lowest BCUT2D eigenvalue weighted by atomic mass is 9.51. The summed E-state index contributed by atoms with van der Waals surface area (Å²) in [6.45, 7) is 14.6. The number of nitrogens with zero attached hydrogens (tertiary/aromatic N) is 1. The molecule has 2 aromatic rings. The molecule has 0 heterocycles. The summed E-state index contributed by atoms with van der Waals surface area (Å²) >= 11 is 0. The lowest BCUT2D eigenvalue weighted by molar-refractivity contribution is 0.00393. The highest BCUT2D eigenvalue weighted by Crippen LogP contribution is 2.64. The van der Waals surface area contributed by atoms with Crippen molar-refractivity contribution in [3.8, 4) is 17.2 Å². The topological polar surface area (TPSA) is 65.1 Å². The molecule has 3 aliphatic carbocycles. The maximum atomic E-state index is 13.7. The van der Waals surface area contributed by atoms with Gasteiger partial charge in [-0.3, -0.25) is 9.59 Å². The number of hydrogen-bond acceptors (Lipinski definition) is 5. The van der Waals surface area contributed by atoms with Crippen LogP contribution < -0.4 is 14.2 Å². The molecule has 0 unspecified atom stereocenters. The number of amides is 1. The van der Waals surface area contributed by atoms with E-state index in [2.05, 4.69) is 26.0 Å². The van der Waals surface area contributed by atoms with Crippen LogP contribution in [0.25, 0.3) is 0 Å². The van der Waals surface area contributed by atoms with Gasteiger partial charge in [-0.15, -0.1) is 0 Å². The summed E-state index contributed by atoms with van der Waals surface area (Å²) < 4.78 is 17.8. The number of hydrogen-bond donors (Lipinski definition) is 0. The van der Waals surface area contributed by atoms with E-state index in [0.717, 1.165) is 24.2 Å². The Morgan fingerprint density at radius 3 is 2.50 bits per heavy atom. The quantitative estimate of drug-likeness (QED) is 0.289. The fraction of sp³-hybridized carbons (Fsp3) is 0.611. The van der Waals surface area contributed by atoms with Crippen molar-refractivity contribution >= 4 is 11.7 Å². The van der Waals surface area contributed by atoms with Gasteiger partial charge in [0, 0.05) is 30.1 Å². The number of ketones is 1. The van der Waals surface area contributed by atoms with Crippen molar-refractivity contribution in [1.29, 1.82) is 0 Å². The minimum absolute atomic E-state index is 0.00718. The van der Waals surface area contributed by atoms with Crippen LogP contribution in [0.15, 0.2) is 36.4 Å². The normalized spacial score (nSPS) is 28.1. The van der Waals surface area contributed by atoms with Crippen LogP contribution in [-0.2, 0) is 0 Å². The zero-order valence-electron chi connectivity index (χ0n) is 26.6. The van der Waals surface area contributed by atoms with Crippen LogP contribution in [0.1, 0.15) is 106 Å². The first-order valence-electron chi connectivity index (χ1n) is 16.1. The van der Waals surface area contributed by atoms with E-state index in [9.17, 15) is 9.59 Å². The van der Waals surface area contributed by atoms with Crippen molar-refractivity contribution in [3.63, 3.8) is 0 Å². The number of methoxy groups -OCH3 is 1. The summed E-state index contributed by atoms with van der Waals surface area (Å²) in [6, 6.07) is 11.7. The van der Waals surface area contributed by atoms with E-state index in [-0.39, 0.29) is 29.1 Å². The van der Waals surface area contributed by atoms with E-state index in [1.807, 2.05) is 45.9 Å². The SMILES string of the molecule is CCN(CC)C(=O)c1ccc(OCC[C@H]2CC[C@H]3[C@@H]4[C@H](C)C(=O)c5cc(OC(C)C)ccc5[C@H]4CC[C@]23C)c(OC)c1. The molecule has 5 rings (SSSR count). The van der Waals surface area contributed by atoms with Crippen LogP contribution in [0.2, 0.25) is 0 Å². The van der Waals surface area contributed by atoms with Crippen molar-refractivity contribution < 1.29 is 23.8 Å². The van der Waals surface area contributed by atoms with E-state index >= 15 is 0 Å². The Labute approximate surface area is 252 Å². The standard InChI is InChI=1S/C36H49NO5/c1-8-37(9-2)35(39)24-10-15-31(32(20-24)40-7)41-19-17-25-11-14-30-33-23(5)34(38)29-21-26(42-22(3)4)12-13-27(29)28(33)16-18-36(25,30)6/h10,12-13,15,20-23,25,28,30,33H,8-9,11,14,16-19H2,1-7H3/t23-,25+,28+,30-,33+,36+/m0/s1. The molecule has 42 heavy (non-hydrogen) atoms. The summed E-state index contributed by atoms with van der Waals surface area (Å²) in [6.07, 6.45) is 5.72. The van der Waals surface area contributed by atoms with E-state index in [1.54, 1.807) is 18.1 Å². The number of Topliss-reactive ketones (excluding diaryl/α,β-unsaturated/α-hetero) is 1. The summed E-state index contributed by atoms with van der Waals surface area (Å²) in [5, 5.41) is 0. The van der Waals surface area contributed by atoms with Crippen LogP contribution >= 0.6 is 0 Å². The van der Waals surface area contributed by atoms with E-state index in [4.69, 9.17) is 14.2 Å². The van der Waals surface area contributed by atoms with Crippen molar-refractivity contribution in [2.75, 3.05) is 26.8 Å². The zero-order chi connectivity index (χ0) is 30.2. The molecule has 0 saturated heterocycles. The minimum Gasteiger partial charge on any atom is -0.493 e. The molecule has 3 aliphatic rings. The van der Waals surface area contributed by atoms with E-state index in [1.165, 1.54) is 24.8 Å². The molecule has 6 heteroatoms. The predicted molar refractivity (Wildman–Crippen MR) is 166 cm³/mol. The number of fused-ring (bicyclic) bond motifs is 5. The van der Waals surface area contributed by atoms with E-state index in [0.29, 0.717) is 60.4 Å². The predicted octanol–water partition coefficient (Wildman–Crippen LogP) is 7.79. The Balaban J connectivity index is 1.27. The lowest BCUT2D eigenvalue weighted by Crippen LogP contribution is -2.47. The molecule has 0 aliphatic heterocycles. The van der Waals surface area contributed by atoms with Gasteiger partial charge >= 0.3 is 0 Å². The molecule has 0 aromatic heterocycles. The number of carbonyl (C=O) groups excluding carboxylic acids is 2. The van der Waals surface area contributed by atoms with Gasteiger partial charge in [-0.2, -0.15) is 0 Å². The minimum atomic E-state index is 0.00718. The van der Waals surface area contributed by atoms with Crippen LogP contribution in [0.5, 0.6) is 17.2 Å². The van der Waals surface area contributed by atoms with Crippen LogP contribution in [-0.4, -0.2) is 49.5 Å². The van der Waals surface area contributed by atoms with Gasteiger partial charge in [0.2, 0.25) is 0 Å². The van der Waals surface area contributed by atoms with Gasteiger partial charge in [-0.1, -0.05) is 19.9 Å². The Kier molecular flexibility index (Phi) is 8.91. The van der Waals surface area contributed by atoms with Crippen molar-refractivity contribution in [1.82, 2.24) is 4.90 Å². The number of rotatable bonds is 10. The summed E-state index contributed by atoms with van der Waals surface area (Å²) in [5.74, 6) is 4.32. The smallest absolute Gasteiger partial charge is 0.253 e. The van der Waals surface area contributed by atoms with Gasteiger partial charge in [0.05, 0.1) is 19.8 Å². The highest BCUT2D eigenvalue weighted by atomic mass is 16.5. The first-order chi connectivity index (χ1) is 20.1. The second-order valence-corrected chi connectivity index (χ2v) is 13.2. The molecular weight excluding hydrogens is 526 g/mol. The highest BCUT2D eigenvalue weighted by molar-refractivity contribution is 6.01. The van der Waals surface area contributed by atoms with Gasteiger partial charge in [0.25, 0.3) is 5.91 Å². The second-order valence-electron chi connectivity index (χ2n) is 13.2. The van der Waals surface area contributed by atoms with Gasteiger partial charge in [-0.25, -0.2) is 0 Å². The number of carbonyl (C=O) groups is 2. The third-order valence-electron chi connectivity index (χ3n) is 10.8.